The summed E-state index contributed by atoms with van der Waals surface area (Å²) in [5.41, 5.74) is 11.1. The van der Waals surface area contributed by atoms with Gasteiger partial charge in [-0.25, -0.2) is 0 Å². The van der Waals surface area contributed by atoms with Crippen molar-refractivity contribution in [3.63, 3.8) is 0 Å². The van der Waals surface area contributed by atoms with Crippen molar-refractivity contribution in [2.45, 2.75) is 0 Å². The van der Waals surface area contributed by atoms with Crippen LogP contribution in [0.4, 0.5) is 17.1 Å². The van der Waals surface area contributed by atoms with Gasteiger partial charge in [0.25, 0.3) is 0 Å². The van der Waals surface area contributed by atoms with E-state index in [4.69, 9.17) is 0 Å². The van der Waals surface area contributed by atoms with E-state index in [2.05, 4.69) is 121 Å². The SMILES string of the molecule is [2H]c1c([2H])c(N(c2ccc(-c3cccc4ccccc34)cc2)c2ccc(-c3c(-c4ccccc4)ccc4ccccc34)cc2)c([2H])c([2H])c1-c1ccc(-c2ccccc2)cc1. The second kappa shape index (κ2) is 15.0. The summed E-state index contributed by atoms with van der Waals surface area (Å²) in [4.78, 5) is 1.86. The molecule has 1 heteroatoms. The molecule has 268 valence electrons. The smallest absolute Gasteiger partial charge is 0.0645 e. The molecule has 1 nitrogen and oxygen atoms in total. The summed E-state index contributed by atoms with van der Waals surface area (Å²) < 4.78 is 37.9. The molecule has 0 aliphatic carbocycles. The number of hydrogen-bond acceptors (Lipinski definition) is 1. The molecule has 10 rings (SSSR count). The van der Waals surface area contributed by atoms with Crippen LogP contribution in [-0.2, 0) is 0 Å². The third-order valence-electron chi connectivity index (χ3n) is 10.8. The van der Waals surface area contributed by atoms with E-state index in [9.17, 15) is 5.48 Å². The minimum Gasteiger partial charge on any atom is -0.311 e. The molecule has 0 atom stereocenters. The number of fused-ring (bicyclic) bond motifs is 2. The van der Waals surface area contributed by atoms with Gasteiger partial charge in [-0.2, -0.15) is 0 Å². The molecule has 0 amide bonds. The fourth-order valence-electron chi connectivity index (χ4n) is 7.91. The van der Waals surface area contributed by atoms with Crippen molar-refractivity contribution < 1.29 is 5.48 Å². The number of hydrogen-bond donors (Lipinski definition) is 0. The predicted molar refractivity (Wildman–Crippen MR) is 243 cm³/mol. The molecule has 10 aromatic rings. The Morgan fingerprint density at radius 2 is 0.719 bits per heavy atom. The van der Waals surface area contributed by atoms with Gasteiger partial charge in [-0.15, -0.1) is 0 Å². The van der Waals surface area contributed by atoms with E-state index >= 15 is 0 Å². The average molecular weight is 730 g/mol. The van der Waals surface area contributed by atoms with E-state index in [0.717, 1.165) is 66.1 Å². The maximum absolute atomic E-state index is 9.55. The number of nitrogens with zero attached hydrogens (tertiary/aromatic N) is 1. The van der Waals surface area contributed by atoms with Crippen LogP contribution in [-0.4, -0.2) is 0 Å². The van der Waals surface area contributed by atoms with E-state index in [1.165, 1.54) is 0 Å². The molecule has 10 aromatic carbocycles. The summed E-state index contributed by atoms with van der Waals surface area (Å²) >= 11 is 0. The van der Waals surface area contributed by atoms with Gasteiger partial charge in [-0.05, 0) is 114 Å². The molecule has 0 aromatic heterocycles. The lowest BCUT2D eigenvalue weighted by molar-refractivity contribution is 1.28. The molecule has 0 saturated carbocycles. The molecule has 0 saturated heterocycles. The Hall–Kier alpha value is -7.48. The van der Waals surface area contributed by atoms with Crippen LogP contribution in [0.3, 0.4) is 0 Å². The second-order valence-electron chi connectivity index (χ2n) is 14.2. The Kier molecular flexibility index (Phi) is 7.84. The molecule has 0 aliphatic heterocycles. The Morgan fingerprint density at radius 3 is 1.37 bits per heavy atom. The number of anilines is 3. The van der Waals surface area contributed by atoms with Crippen LogP contribution in [0.25, 0.3) is 77.2 Å². The summed E-state index contributed by atoms with van der Waals surface area (Å²) in [5.74, 6) is 0. The van der Waals surface area contributed by atoms with Crippen molar-refractivity contribution in [1.29, 1.82) is 0 Å². The van der Waals surface area contributed by atoms with Crippen LogP contribution < -0.4 is 4.90 Å². The van der Waals surface area contributed by atoms with E-state index < -0.39 is 0 Å². The summed E-state index contributed by atoms with van der Waals surface area (Å²) in [6.45, 7) is 0. The maximum Gasteiger partial charge on any atom is 0.0645 e. The van der Waals surface area contributed by atoms with E-state index in [0.29, 0.717) is 16.9 Å². The molecule has 0 aliphatic rings. The van der Waals surface area contributed by atoms with Gasteiger partial charge in [0.05, 0.1) is 5.48 Å². The minimum atomic E-state index is -0.120. The van der Waals surface area contributed by atoms with Crippen molar-refractivity contribution in [2.24, 2.45) is 0 Å². The van der Waals surface area contributed by atoms with Gasteiger partial charge in [0.2, 0.25) is 0 Å². The summed E-state index contributed by atoms with van der Waals surface area (Å²) in [6.07, 6.45) is 0. The zero-order valence-corrected chi connectivity index (χ0v) is 31.2. The lowest BCUT2D eigenvalue weighted by Gasteiger charge is -2.26. The van der Waals surface area contributed by atoms with Gasteiger partial charge in [0, 0.05) is 17.1 Å². The molecule has 0 unspecified atom stereocenters. The topological polar surface area (TPSA) is 3.24 Å². The monoisotopic (exact) mass is 729 g/mol. The highest BCUT2D eigenvalue weighted by atomic mass is 15.1. The van der Waals surface area contributed by atoms with Gasteiger partial charge < -0.3 is 4.90 Å². The van der Waals surface area contributed by atoms with E-state index in [-0.39, 0.29) is 35.4 Å². The Bertz CT molecular complexity index is 3170. The fourth-order valence-corrected chi connectivity index (χ4v) is 7.91. The zero-order chi connectivity index (χ0) is 41.5. The van der Waals surface area contributed by atoms with Crippen molar-refractivity contribution in [3.05, 3.63) is 236 Å². The van der Waals surface area contributed by atoms with Gasteiger partial charge in [-0.3, -0.25) is 0 Å². The normalized spacial score (nSPS) is 12.1. The lowest BCUT2D eigenvalue weighted by atomic mass is 9.89. The first-order valence-electron chi connectivity index (χ1n) is 21.3. The third kappa shape index (κ3) is 6.66. The molecule has 57 heavy (non-hydrogen) atoms. The maximum atomic E-state index is 9.55. The Balaban J connectivity index is 1.12. The first-order valence-corrected chi connectivity index (χ1v) is 19.3. The molecule has 0 radical (unpaired) electrons. The van der Waals surface area contributed by atoms with Gasteiger partial charge >= 0.3 is 0 Å². The van der Waals surface area contributed by atoms with Crippen molar-refractivity contribution in [3.8, 4) is 55.6 Å². The first-order chi connectivity index (χ1) is 29.9. The van der Waals surface area contributed by atoms with Gasteiger partial charge in [0.15, 0.2) is 0 Å². The third-order valence-corrected chi connectivity index (χ3v) is 10.8. The predicted octanol–water partition coefficient (Wildman–Crippen LogP) is 15.8. The van der Waals surface area contributed by atoms with Crippen LogP contribution in [0.1, 0.15) is 5.48 Å². The van der Waals surface area contributed by atoms with Crippen LogP contribution in [0.2, 0.25) is 0 Å². The number of rotatable bonds is 8. The second-order valence-corrected chi connectivity index (χ2v) is 14.2. The summed E-state index contributed by atoms with van der Waals surface area (Å²) in [6, 6.07) is 71.5. The van der Waals surface area contributed by atoms with E-state index in [1.807, 2.05) is 95.9 Å². The number of benzene rings is 10. The zero-order valence-electron chi connectivity index (χ0n) is 35.2. The van der Waals surface area contributed by atoms with Gasteiger partial charge in [-0.1, -0.05) is 200 Å². The quantitative estimate of drug-likeness (QED) is 0.151. The molecule has 0 heterocycles. The van der Waals surface area contributed by atoms with Crippen molar-refractivity contribution in [1.82, 2.24) is 0 Å². The highest BCUT2D eigenvalue weighted by molar-refractivity contribution is 6.04. The molecule has 0 bridgehead atoms. The first kappa shape index (κ1) is 29.8. The van der Waals surface area contributed by atoms with Crippen LogP contribution >= 0.6 is 0 Å². The Labute approximate surface area is 340 Å². The lowest BCUT2D eigenvalue weighted by Crippen LogP contribution is -2.09. The minimum absolute atomic E-state index is 0.0966. The molecule has 0 fully saturated rings. The summed E-state index contributed by atoms with van der Waals surface area (Å²) in [5, 5.41) is 4.60. The molecule has 0 spiro atoms. The molecular weight excluding hydrogens is 687 g/mol. The van der Waals surface area contributed by atoms with Gasteiger partial charge in [0.1, 0.15) is 0 Å². The fraction of sp³-hybridized carbons (Fsp3) is 0. The largest absolute Gasteiger partial charge is 0.311 e. The van der Waals surface area contributed by atoms with Crippen molar-refractivity contribution >= 4 is 38.6 Å². The summed E-state index contributed by atoms with van der Waals surface area (Å²) in [7, 11) is 0. The standard InChI is InChI=1S/C56H39N/c1-3-12-40(13-4-1)41-22-24-42(25-23-41)43-26-33-49(34-27-43)57(50-35-28-47(29-36-50)53-21-11-18-44-16-7-9-19-52(44)53)51-37-30-48(31-38-51)56-54-20-10-8-17-46(54)32-39-55(56)45-14-5-2-6-15-45/h1-39H/i26D,27D,33D,34D. The highest BCUT2D eigenvalue weighted by Gasteiger charge is 2.17. The average Bonchev–Trinajstić information content (AvgIpc) is 3.33. The Morgan fingerprint density at radius 1 is 0.263 bits per heavy atom. The van der Waals surface area contributed by atoms with Crippen LogP contribution in [0, 0.1) is 0 Å². The van der Waals surface area contributed by atoms with Crippen LogP contribution in [0.5, 0.6) is 0 Å². The molecular formula is C56H39N. The molecule has 0 N–H and O–H groups in total. The van der Waals surface area contributed by atoms with Crippen LogP contribution in [0.15, 0.2) is 236 Å². The van der Waals surface area contributed by atoms with Crippen molar-refractivity contribution in [2.75, 3.05) is 4.90 Å². The highest BCUT2D eigenvalue weighted by Crippen LogP contribution is 2.42. The van der Waals surface area contributed by atoms with E-state index in [1.54, 1.807) is 0 Å².